The average Bonchev–Trinajstić information content (AvgIpc) is 2.56. The largest absolute Gasteiger partial charge is 0.489 e. The predicted octanol–water partition coefficient (Wildman–Crippen LogP) is 4.04. The number of hydrogen-bond acceptors (Lipinski definition) is 3. The molecule has 0 amide bonds. The molecule has 25 heavy (non-hydrogen) atoms. The van der Waals surface area contributed by atoms with Gasteiger partial charge in [0.15, 0.2) is 0 Å². The molecule has 130 valence electrons. The van der Waals surface area contributed by atoms with Gasteiger partial charge in [0.1, 0.15) is 11.9 Å². The summed E-state index contributed by atoms with van der Waals surface area (Å²) in [5.41, 5.74) is 0.711. The molecule has 3 fully saturated rings. The second-order valence-corrected chi connectivity index (χ2v) is 7.21. The van der Waals surface area contributed by atoms with E-state index in [2.05, 4.69) is 10.3 Å². The molecular weight excluding hydrogens is 329 g/mol. The van der Waals surface area contributed by atoms with Gasteiger partial charge in [-0.25, -0.2) is 0 Å². The lowest BCUT2D eigenvalue weighted by molar-refractivity contribution is -0.227. The van der Waals surface area contributed by atoms with Gasteiger partial charge in [-0.15, -0.1) is 0 Å². The number of ether oxygens (including phenoxy) is 1. The predicted molar refractivity (Wildman–Crippen MR) is 86.1 cm³/mol. The molecule has 1 N–H and O–H groups in total. The molecule has 4 unspecified atom stereocenters. The molecule has 3 nitrogen and oxygen atoms in total. The summed E-state index contributed by atoms with van der Waals surface area (Å²) in [6.07, 6.45) is 2.11. The smallest absolute Gasteiger partial charge is 0.416 e. The fraction of sp³-hybridized carbons (Fsp3) is 0.421. The van der Waals surface area contributed by atoms with Crippen molar-refractivity contribution in [1.82, 2.24) is 10.3 Å². The van der Waals surface area contributed by atoms with Gasteiger partial charge in [0.05, 0.1) is 5.56 Å². The van der Waals surface area contributed by atoms with Gasteiger partial charge in [-0.3, -0.25) is 4.98 Å². The molecular formula is C19H17F3N2O. The van der Waals surface area contributed by atoms with E-state index in [-0.39, 0.29) is 11.5 Å². The number of aromatic nitrogens is 1. The third-order valence-corrected chi connectivity index (χ3v) is 6.18. The number of benzene rings is 1. The van der Waals surface area contributed by atoms with Crippen LogP contribution in [0.3, 0.4) is 0 Å². The van der Waals surface area contributed by atoms with E-state index in [4.69, 9.17) is 4.74 Å². The SMILES string of the molecule is FC(F)(F)c1ccc(OC2CC3NC4CCC432)c(-c2ccncc2)c1. The number of nitrogens with one attached hydrogen (secondary N) is 1. The Morgan fingerprint density at radius 2 is 1.92 bits per heavy atom. The maximum absolute atomic E-state index is 13.1. The molecule has 2 saturated carbocycles. The van der Waals surface area contributed by atoms with Crippen molar-refractivity contribution in [3.05, 3.63) is 48.3 Å². The number of piperidine rings is 2. The highest BCUT2D eigenvalue weighted by Crippen LogP contribution is 2.63. The monoisotopic (exact) mass is 346 g/mol. The molecule has 1 saturated heterocycles. The van der Waals surface area contributed by atoms with Crippen molar-refractivity contribution in [3.8, 4) is 16.9 Å². The maximum Gasteiger partial charge on any atom is 0.416 e. The van der Waals surface area contributed by atoms with Crippen LogP contribution in [0.5, 0.6) is 5.75 Å². The lowest BCUT2D eigenvalue weighted by Crippen LogP contribution is -2.87. The standard InChI is InChI=1S/C19H17F3N2O/c20-19(21,22)12-1-2-14(13(9-12)11-4-7-23-8-5-11)25-17-10-16-18(17)6-3-15(18)24-16/h1-2,4-5,7-9,15-17,24H,3,6,10H2. The fourth-order valence-electron chi connectivity index (χ4n) is 4.63. The van der Waals surface area contributed by atoms with Crippen molar-refractivity contribution in [2.45, 2.75) is 43.6 Å². The first-order valence-corrected chi connectivity index (χ1v) is 8.53. The Balaban J connectivity index is 1.50. The average molecular weight is 346 g/mol. The minimum atomic E-state index is -4.38. The van der Waals surface area contributed by atoms with Crippen molar-refractivity contribution in [3.63, 3.8) is 0 Å². The van der Waals surface area contributed by atoms with Gasteiger partial charge in [0.25, 0.3) is 0 Å². The Bertz CT molecular complexity index is 817. The van der Waals surface area contributed by atoms with Crippen molar-refractivity contribution < 1.29 is 17.9 Å². The van der Waals surface area contributed by atoms with E-state index in [1.807, 2.05) is 0 Å². The quantitative estimate of drug-likeness (QED) is 0.911. The zero-order chi connectivity index (χ0) is 17.2. The molecule has 1 spiro atoms. The summed E-state index contributed by atoms with van der Waals surface area (Å²) < 4.78 is 45.6. The van der Waals surface area contributed by atoms with Gasteiger partial charge in [-0.05, 0) is 48.7 Å². The lowest BCUT2D eigenvalue weighted by Gasteiger charge is -2.74. The number of rotatable bonds is 3. The van der Waals surface area contributed by atoms with Gasteiger partial charge in [-0.2, -0.15) is 13.2 Å². The van der Waals surface area contributed by atoms with Crippen LogP contribution in [0.1, 0.15) is 24.8 Å². The summed E-state index contributed by atoms with van der Waals surface area (Å²) >= 11 is 0. The van der Waals surface area contributed by atoms with Crippen molar-refractivity contribution in [2.24, 2.45) is 5.41 Å². The summed E-state index contributed by atoms with van der Waals surface area (Å²) in [5.74, 6) is 0.523. The van der Waals surface area contributed by atoms with E-state index in [9.17, 15) is 13.2 Å². The summed E-state index contributed by atoms with van der Waals surface area (Å²) in [4.78, 5) is 3.95. The highest BCUT2D eigenvalue weighted by Gasteiger charge is 2.72. The Kier molecular flexibility index (Phi) is 3.02. The second kappa shape index (κ2) is 4.97. The van der Waals surface area contributed by atoms with Crippen molar-refractivity contribution in [2.75, 3.05) is 0 Å². The minimum absolute atomic E-state index is 0.0924. The third-order valence-electron chi connectivity index (χ3n) is 6.18. The summed E-state index contributed by atoms with van der Waals surface area (Å²) in [6, 6.07) is 8.20. The van der Waals surface area contributed by atoms with Crippen LogP contribution in [0.25, 0.3) is 11.1 Å². The van der Waals surface area contributed by atoms with Crippen molar-refractivity contribution in [1.29, 1.82) is 0 Å². The van der Waals surface area contributed by atoms with Gasteiger partial charge in [0.2, 0.25) is 0 Å². The number of halogens is 3. The zero-order valence-corrected chi connectivity index (χ0v) is 13.4. The van der Waals surface area contributed by atoms with E-state index in [0.29, 0.717) is 29.0 Å². The molecule has 0 radical (unpaired) electrons. The third kappa shape index (κ3) is 2.06. The number of pyridine rings is 1. The molecule has 5 rings (SSSR count). The van der Waals surface area contributed by atoms with E-state index in [0.717, 1.165) is 18.9 Å². The summed E-state index contributed by atoms with van der Waals surface area (Å²) in [5, 5.41) is 3.52. The van der Waals surface area contributed by atoms with E-state index < -0.39 is 11.7 Å². The molecule has 1 aromatic heterocycles. The first-order chi connectivity index (χ1) is 12.0. The molecule has 1 aromatic carbocycles. The Morgan fingerprint density at radius 3 is 2.52 bits per heavy atom. The molecule has 1 aliphatic heterocycles. The Morgan fingerprint density at radius 1 is 1.12 bits per heavy atom. The zero-order valence-electron chi connectivity index (χ0n) is 13.4. The molecule has 6 heteroatoms. The maximum atomic E-state index is 13.1. The highest BCUT2D eigenvalue weighted by molar-refractivity contribution is 5.71. The summed E-state index contributed by atoms with van der Waals surface area (Å²) in [6.45, 7) is 0. The van der Waals surface area contributed by atoms with Crippen LogP contribution < -0.4 is 10.1 Å². The molecule has 2 aliphatic carbocycles. The fourth-order valence-corrected chi connectivity index (χ4v) is 4.63. The normalized spacial score (nSPS) is 32.5. The van der Waals surface area contributed by atoms with Crippen LogP contribution in [-0.4, -0.2) is 23.2 Å². The first kappa shape index (κ1) is 15.2. The molecule has 0 bridgehead atoms. The minimum Gasteiger partial charge on any atom is -0.489 e. The first-order valence-electron chi connectivity index (χ1n) is 8.53. The number of nitrogens with zero attached hydrogens (tertiary/aromatic N) is 1. The topological polar surface area (TPSA) is 34.1 Å². The number of hydrogen-bond donors (Lipinski definition) is 1. The molecule has 2 heterocycles. The Labute approximate surface area is 143 Å². The number of alkyl halides is 3. The van der Waals surface area contributed by atoms with Crippen LogP contribution in [-0.2, 0) is 6.18 Å². The molecule has 2 aromatic rings. The van der Waals surface area contributed by atoms with Crippen LogP contribution in [0, 0.1) is 5.41 Å². The van der Waals surface area contributed by atoms with Crippen LogP contribution in [0.2, 0.25) is 0 Å². The van der Waals surface area contributed by atoms with Crippen LogP contribution in [0.4, 0.5) is 13.2 Å². The van der Waals surface area contributed by atoms with Crippen LogP contribution in [0.15, 0.2) is 42.7 Å². The summed E-state index contributed by atoms with van der Waals surface area (Å²) in [7, 11) is 0. The Hall–Kier alpha value is -2.08. The van der Waals surface area contributed by atoms with Crippen LogP contribution >= 0.6 is 0 Å². The van der Waals surface area contributed by atoms with Gasteiger partial charge in [0, 0.05) is 41.9 Å². The second-order valence-electron chi connectivity index (χ2n) is 7.21. The molecule has 3 aliphatic rings. The lowest BCUT2D eigenvalue weighted by atomic mass is 9.42. The van der Waals surface area contributed by atoms with E-state index in [1.165, 1.54) is 18.6 Å². The van der Waals surface area contributed by atoms with Gasteiger partial charge in [-0.1, -0.05) is 0 Å². The molecule has 4 atom stereocenters. The highest BCUT2D eigenvalue weighted by atomic mass is 19.4. The van der Waals surface area contributed by atoms with Gasteiger partial charge >= 0.3 is 6.18 Å². The van der Waals surface area contributed by atoms with Crippen molar-refractivity contribution >= 4 is 0 Å². The van der Waals surface area contributed by atoms with E-state index >= 15 is 0 Å². The van der Waals surface area contributed by atoms with Gasteiger partial charge < -0.3 is 10.1 Å². The van der Waals surface area contributed by atoms with E-state index in [1.54, 1.807) is 24.5 Å².